The Balaban J connectivity index is 0.00000484. The second kappa shape index (κ2) is 12.1. The predicted molar refractivity (Wildman–Crippen MR) is 100 cm³/mol. The van der Waals surface area contributed by atoms with Crippen LogP contribution in [0.15, 0.2) is 30.3 Å². The van der Waals surface area contributed by atoms with Crippen LogP contribution in [0.1, 0.15) is 38.2 Å². The van der Waals surface area contributed by atoms with Crippen molar-refractivity contribution in [2.24, 2.45) is 5.92 Å². The zero-order valence-corrected chi connectivity index (χ0v) is 15.6. The third kappa shape index (κ3) is 8.77. The molecule has 1 atom stereocenters. The van der Waals surface area contributed by atoms with Gasteiger partial charge in [0.05, 0.1) is 7.11 Å². The summed E-state index contributed by atoms with van der Waals surface area (Å²) >= 11 is 0. The molecule has 0 aromatic heterocycles. The first kappa shape index (κ1) is 21.7. The number of hydrogen-bond donors (Lipinski definition) is 0. The molecular weight excluding hydrogens is 310 g/mol. The molecule has 0 aliphatic rings. The molecule has 130 valence electrons. The van der Waals surface area contributed by atoms with E-state index in [2.05, 4.69) is 11.8 Å². The van der Waals surface area contributed by atoms with Gasteiger partial charge >= 0.3 is 0 Å². The molecule has 0 amide bonds. The van der Waals surface area contributed by atoms with Crippen LogP contribution < -0.4 is 4.74 Å². The summed E-state index contributed by atoms with van der Waals surface area (Å²) in [5, 5.41) is 0. The normalized spacial score (nSPS) is 12.2. The minimum atomic E-state index is 0. The van der Waals surface area contributed by atoms with E-state index in [0.29, 0.717) is 0 Å². The maximum atomic E-state index is 12.4. The number of ketones is 1. The Bertz CT molecular complexity index is 469. The van der Waals surface area contributed by atoms with Crippen molar-refractivity contribution in [3.63, 3.8) is 0 Å². The van der Waals surface area contributed by atoms with Crippen LogP contribution in [-0.2, 0) is 4.79 Å². The maximum Gasteiger partial charge on any atom is 0.160 e. The van der Waals surface area contributed by atoms with E-state index in [9.17, 15) is 4.79 Å². The number of ether oxygens (including phenoxy) is 1. The van der Waals surface area contributed by atoms with Gasteiger partial charge in [0.25, 0.3) is 0 Å². The summed E-state index contributed by atoms with van der Waals surface area (Å²) in [7, 11) is 5.69. The van der Waals surface area contributed by atoms with Gasteiger partial charge in [-0.1, -0.05) is 44.4 Å². The van der Waals surface area contributed by atoms with E-state index in [4.69, 9.17) is 4.74 Å². The molecule has 0 N–H and O–H groups in total. The Kier molecular flexibility index (Phi) is 11.4. The van der Waals surface area contributed by atoms with E-state index in [1.54, 1.807) is 13.2 Å². The number of methoxy groups -OCH3 is 1. The molecule has 0 aliphatic heterocycles. The minimum Gasteiger partial charge on any atom is -0.497 e. The molecule has 0 saturated carbocycles. The van der Waals surface area contributed by atoms with Crippen LogP contribution in [0.25, 0.3) is 6.08 Å². The molecule has 1 rings (SSSR count). The fourth-order valence-electron chi connectivity index (χ4n) is 2.43. The number of rotatable bonds is 10. The van der Waals surface area contributed by atoms with Gasteiger partial charge in [0.2, 0.25) is 0 Å². The van der Waals surface area contributed by atoms with Crippen molar-refractivity contribution in [1.29, 1.82) is 0 Å². The Hall–Kier alpha value is -1.32. The van der Waals surface area contributed by atoms with Gasteiger partial charge < -0.3 is 9.64 Å². The molecular formula is C19H30ClNO2. The topological polar surface area (TPSA) is 29.5 Å². The van der Waals surface area contributed by atoms with Crippen LogP contribution in [0.3, 0.4) is 0 Å². The second-order valence-corrected chi connectivity index (χ2v) is 5.96. The van der Waals surface area contributed by atoms with Crippen LogP contribution >= 0.6 is 12.4 Å². The molecule has 1 aromatic rings. The zero-order valence-electron chi connectivity index (χ0n) is 14.7. The summed E-state index contributed by atoms with van der Waals surface area (Å²) in [6, 6.07) is 7.73. The van der Waals surface area contributed by atoms with Gasteiger partial charge in [-0.3, -0.25) is 4.79 Å². The first-order valence-electron chi connectivity index (χ1n) is 8.07. The molecule has 0 bridgehead atoms. The number of carbonyl (C=O) groups excluding carboxylic acids is 1. The zero-order chi connectivity index (χ0) is 16.4. The first-order chi connectivity index (χ1) is 10.6. The molecule has 0 aliphatic carbocycles. The van der Waals surface area contributed by atoms with E-state index in [1.807, 2.05) is 44.4 Å². The van der Waals surface area contributed by atoms with Crippen molar-refractivity contribution >= 4 is 24.3 Å². The standard InChI is InChI=1S/C19H29NO2.ClH/c1-5-6-7-8-17(15-20(2)3)19(21)14-11-16-9-12-18(22-4)13-10-16;/h9-14,17H,5-8,15H2,1-4H3;1H/b14-11+;. The highest BCUT2D eigenvalue weighted by Gasteiger charge is 2.16. The molecule has 0 heterocycles. The van der Waals surface area contributed by atoms with Crippen molar-refractivity contribution < 1.29 is 9.53 Å². The average molecular weight is 340 g/mol. The van der Waals surface area contributed by atoms with E-state index >= 15 is 0 Å². The largest absolute Gasteiger partial charge is 0.497 e. The highest BCUT2D eigenvalue weighted by atomic mass is 35.5. The van der Waals surface area contributed by atoms with Gasteiger partial charge in [-0.25, -0.2) is 0 Å². The van der Waals surface area contributed by atoms with Crippen LogP contribution in [0, 0.1) is 5.92 Å². The van der Waals surface area contributed by atoms with Crippen molar-refractivity contribution in [3.05, 3.63) is 35.9 Å². The molecule has 1 aromatic carbocycles. The molecule has 23 heavy (non-hydrogen) atoms. The summed E-state index contributed by atoms with van der Waals surface area (Å²) in [4.78, 5) is 14.5. The molecule has 4 heteroatoms. The van der Waals surface area contributed by atoms with Crippen molar-refractivity contribution in [2.75, 3.05) is 27.7 Å². The lowest BCUT2D eigenvalue weighted by atomic mass is 9.95. The monoisotopic (exact) mass is 339 g/mol. The average Bonchev–Trinajstić information content (AvgIpc) is 2.52. The number of allylic oxidation sites excluding steroid dienone is 1. The highest BCUT2D eigenvalue weighted by Crippen LogP contribution is 2.15. The van der Waals surface area contributed by atoms with Crippen molar-refractivity contribution in [3.8, 4) is 5.75 Å². The number of nitrogens with zero attached hydrogens (tertiary/aromatic N) is 1. The maximum absolute atomic E-state index is 12.4. The Morgan fingerprint density at radius 3 is 2.39 bits per heavy atom. The van der Waals surface area contributed by atoms with Gasteiger partial charge in [-0.05, 0) is 44.3 Å². The van der Waals surface area contributed by atoms with Gasteiger partial charge in [0.15, 0.2) is 5.78 Å². The smallest absolute Gasteiger partial charge is 0.160 e. The minimum absolute atomic E-state index is 0. The number of benzene rings is 1. The van der Waals surface area contributed by atoms with E-state index in [1.165, 1.54) is 12.8 Å². The van der Waals surface area contributed by atoms with Gasteiger partial charge in [-0.2, -0.15) is 0 Å². The van der Waals surface area contributed by atoms with Gasteiger partial charge in [0, 0.05) is 12.5 Å². The van der Waals surface area contributed by atoms with Crippen LogP contribution in [-0.4, -0.2) is 38.4 Å². The van der Waals surface area contributed by atoms with Crippen LogP contribution in [0.5, 0.6) is 5.75 Å². The number of unbranched alkanes of at least 4 members (excludes halogenated alkanes) is 2. The summed E-state index contributed by atoms with van der Waals surface area (Å²) in [6.45, 7) is 3.00. The second-order valence-electron chi connectivity index (χ2n) is 5.96. The summed E-state index contributed by atoms with van der Waals surface area (Å²) in [6.07, 6.45) is 8.09. The molecule has 1 unspecified atom stereocenters. The molecule has 0 radical (unpaired) electrons. The Morgan fingerprint density at radius 1 is 1.22 bits per heavy atom. The number of carbonyl (C=O) groups is 1. The highest BCUT2D eigenvalue weighted by molar-refractivity contribution is 5.95. The number of hydrogen-bond acceptors (Lipinski definition) is 3. The third-order valence-electron chi connectivity index (χ3n) is 3.70. The summed E-state index contributed by atoms with van der Waals surface area (Å²) in [5.74, 6) is 1.14. The van der Waals surface area contributed by atoms with Crippen LogP contribution in [0.4, 0.5) is 0 Å². The van der Waals surface area contributed by atoms with Crippen molar-refractivity contribution in [2.45, 2.75) is 32.6 Å². The molecule has 3 nitrogen and oxygen atoms in total. The fourth-order valence-corrected chi connectivity index (χ4v) is 2.43. The van der Waals surface area contributed by atoms with Gasteiger partial charge in [0.1, 0.15) is 5.75 Å². The lowest BCUT2D eigenvalue weighted by Crippen LogP contribution is -2.27. The third-order valence-corrected chi connectivity index (χ3v) is 3.70. The molecule has 0 fully saturated rings. The fraction of sp³-hybridized carbons (Fsp3) is 0.526. The first-order valence-corrected chi connectivity index (χ1v) is 8.07. The Morgan fingerprint density at radius 2 is 1.87 bits per heavy atom. The molecule has 0 spiro atoms. The van der Waals surface area contributed by atoms with E-state index in [0.717, 1.165) is 30.7 Å². The Labute approximate surface area is 147 Å². The quantitative estimate of drug-likeness (QED) is 0.465. The lowest BCUT2D eigenvalue weighted by Gasteiger charge is -2.18. The predicted octanol–water partition coefficient (Wildman–Crippen LogP) is 4.46. The molecule has 0 saturated heterocycles. The summed E-state index contributed by atoms with van der Waals surface area (Å²) < 4.78 is 5.14. The van der Waals surface area contributed by atoms with E-state index < -0.39 is 0 Å². The van der Waals surface area contributed by atoms with Crippen molar-refractivity contribution in [1.82, 2.24) is 4.90 Å². The lowest BCUT2D eigenvalue weighted by molar-refractivity contribution is -0.118. The van der Waals surface area contributed by atoms with Crippen LogP contribution in [0.2, 0.25) is 0 Å². The van der Waals surface area contributed by atoms with Gasteiger partial charge in [-0.15, -0.1) is 12.4 Å². The summed E-state index contributed by atoms with van der Waals surface area (Å²) in [5.41, 5.74) is 1.02. The SMILES string of the molecule is CCCCCC(CN(C)C)C(=O)/C=C/c1ccc(OC)cc1.Cl. The van der Waals surface area contributed by atoms with E-state index in [-0.39, 0.29) is 24.1 Å². The number of halogens is 1.